The van der Waals surface area contributed by atoms with Crippen molar-refractivity contribution in [2.24, 2.45) is 0 Å². The molecule has 0 bridgehead atoms. The topological polar surface area (TPSA) is 40.1 Å². The molecule has 0 unspecified atom stereocenters. The maximum absolute atomic E-state index is 10.3. The predicted molar refractivity (Wildman–Crippen MR) is 45.1 cm³/mol. The fourth-order valence-corrected chi connectivity index (χ4v) is 0.858. The van der Waals surface area contributed by atoms with Gasteiger partial charge in [-0.3, -0.25) is 0 Å². The van der Waals surface area contributed by atoms with Gasteiger partial charge in [-0.15, -0.1) is 0 Å². The summed E-state index contributed by atoms with van der Waals surface area (Å²) in [7, 11) is 0. The molecule has 0 aromatic heterocycles. The number of hydrogen-bond donors (Lipinski definition) is 0. The molecule has 0 aliphatic carbocycles. The van der Waals surface area contributed by atoms with Crippen LogP contribution in [0, 0.1) is 0 Å². The number of carbonyl (C=O) groups excluding carboxylic acids is 1. The summed E-state index contributed by atoms with van der Waals surface area (Å²) in [6.45, 7) is 1.52. The van der Waals surface area contributed by atoms with Crippen LogP contribution in [-0.2, 0) is 4.79 Å². The molecule has 1 aromatic rings. The van der Waals surface area contributed by atoms with Crippen LogP contribution in [0.1, 0.15) is 12.5 Å². The molecule has 0 atom stereocenters. The first kappa shape index (κ1) is 13.1. The van der Waals surface area contributed by atoms with Gasteiger partial charge in [0.1, 0.15) is 0 Å². The van der Waals surface area contributed by atoms with Gasteiger partial charge in [-0.1, -0.05) is 36.4 Å². The molecule has 0 spiro atoms. The minimum absolute atomic E-state index is 0. The number of hydrogen-bond acceptors (Lipinski definition) is 2. The average Bonchev–Trinajstić information content (AvgIpc) is 2.06. The van der Waals surface area contributed by atoms with Crippen molar-refractivity contribution in [3.63, 3.8) is 0 Å². The molecule has 1 rings (SSSR count). The first-order chi connectivity index (χ1) is 5.70. The summed E-state index contributed by atoms with van der Waals surface area (Å²) in [5, 5.41) is 10.3. The van der Waals surface area contributed by atoms with Crippen molar-refractivity contribution in [2.75, 3.05) is 0 Å². The van der Waals surface area contributed by atoms with E-state index in [0.717, 1.165) is 5.56 Å². The number of aliphatic carboxylic acids is 1. The molecule has 0 radical (unpaired) electrons. The molecular formula is C10H9KO2. The summed E-state index contributed by atoms with van der Waals surface area (Å²) in [4.78, 5) is 10.3. The van der Waals surface area contributed by atoms with Gasteiger partial charge in [0, 0.05) is 0 Å². The molecule has 1 aromatic carbocycles. The Labute approximate surface area is 120 Å². The van der Waals surface area contributed by atoms with Gasteiger partial charge in [-0.2, -0.15) is 0 Å². The molecule has 0 aliphatic heterocycles. The zero-order valence-electron chi connectivity index (χ0n) is 7.78. The van der Waals surface area contributed by atoms with E-state index in [1.807, 2.05) is 30.3 Å². The van der Waals surface area contributed by atoms with Gasteiger partial charge in [0.05, 0.1) is 5.97 Å². The Balaban J connectivity index is 0.00000144. The number of benzene rings is 1. The molecule has 0 amide bonds. The normalized spacial score (nSPS) is 10.4. The Hall–Kier alpha value is 0.0664. The van der Waals surface area contributed by atoms with E-state index in [9.17, 15) is 9.90 Å². The molecule has 2 nitrogen and oxygen atoms in total. The quantitative estimate of drug-likeness (QED) is 0.403. The second kappa shape index (κ2) is 6.51. The minimum atomic E-state index is -1.13. The Kier molecular flexibility index (Phi) is 6.54. The second-order valence-electron chi connectivity index (χ2n) is 2.53. The first-order valence-corrected chi connectivity index (χ1v) is 3.65. The van der Waals surface area contributed by atoms with E-state index in [1.54, 1.807) is 6.08 Å². The van der Waals surface area contributed by atoms with Crippen molar-refractivity contribution in [2.45, 2.75) is 6.92 Å². The fourth-order valence-electron chi connectivity index (χ4n) is 0.858. The Bertz CT molecular complexity index is 304. The SMILES string of the molecule is CC(=Cc1ccccc1)C(=O)[O-].[K+]. The maximum Gasteiger partial charge on any atom is 1.00 e. The summed E-state index contributed by atoms with van der Waals surface area (Å²) in [5.41, 5.74) is 1.11. The van der Waals surface area contributed by atoms with Crippen LogP contribution in [0.5, 0.6) is 0 Å². The van der Waals surface area contributed by atoms with Gasteiger partial charge in [0.15, 0.2) is 0 Å². The van der Waals surface area contributed by atoms with Crippen LogP contribution in [0.15, 0.2) is 35.9 Å². The van der Waals surface area contributed by atoms with E-state index in [0.29, 0.717) is 0 Å². The van der Waals surface area contributed by atoms with Crippen LogP contribution in [0.4, 0.5) is 0 Å². The number of rotatable bonds is 2. The standard InChI is InChI=1S/C10H10O2.K/c1-8(10(11)12)7-9-5-3-2-4-6-9;/h2-7H,1H3,(H,11,12);/q;+1/p-1. The Morgan fingerprint density at radius 1 is 1.31 bits per heavy atom. The molecule has 0 fully saturated rings. The van der Waals surface area contributed by atoms with Crippen molar-refractivity contribution in [3.05, 3.63) is 41.5 Å². The third kappa shape index (κ3) is 4.74. The van der Waals surface area contributed by atoms with Crippen LogP contribution in [0.2, 0.25) is 0 Å². The largest absolute Gasteiger partial charge is 1.00 e. The number of carbonyl (C=O) groups is 1. The average molecular weight is 200 g/mol. The summed E-state index contributed by atoms with van der Waals surface area (Å²) >= 11 is 0. The monoisotopic (exact) mass is 200 g/mol. The summed E-state index contributed by atoms with van der Waals surface area (Å²) in [6.07, 6.45) is 1.58. The third-order valence-corrected chi connectivity index (χ3v) is 1.50. The minimum Gasteiger partial charge on any atom is -0.545 e. The van der Waals surface area contributed by atoms with E-state index < -0.39 is 5.97 Å². The van der Waals surface area contributed by atoms with Gasteiger partial charge in [-0.05, 0) is 18.1 Å². The van der Waals surface area contributed by atoms with E-state index in [-0.39, 0.29) is 57.0 Å². The van der Waals surface area contributed by atoms with E-state index >= 15 is 0 Å². The van der Waals surface area contributed by atoms with Crippen LogP contribution in [0.25, 0.3) is 6.08 Å². The molecule has 0 saturated carbocycles. The van der Waals surface area contributed by atoms with E-state index in [4.69, 9.17) is 0 Å². The molecular weight excluding hydrogens is 191 g/mol. The summed E-state index contributed by atoms with van der Waals surface area (Å²) in [6, 6.07) is 9.27. The molecule has 13 heavy (non-hydrogen) atoms. The molecule has 0 saturated heterocycles. The van der Waals surface area contributed by atoms with Gasteiger partial charge < -0.3 is 9.90 Å². The molecule has 0 aliphatic rings. The molecule has 0 heterocycles. The zero-order valence-corrected chi connectivity index (χ0v) is 10.9. The maximum atomic E-state index is 10.3. The molecule has 0 N–H and O–H groups in total. The summed E-state index contributed by atoms with van der Waals surface area (Å²) in [5.74, 6) is -1.13. The smallest absolute Gasteiger partial charge is 0.545 e. The number of carboxylic acid groups (broad SMARTS) is 1. The van der Waals surface area contributed by atoms with Gasteiger partial charge >= 0.3 is 51.4 Å². The van der Waals surface area contributed by atoms with Crippen molar-refractivity contribution in [3.8, 4) is 0 Å². The summed E-state index contributed by atoms with van der Waals surface area (Å²) < 4.78 is 0. The van der Waals surface area contributed by atoms with E-state index in [1.165, 1.54) is 6.92 Å². The van der Waals surface area contributed by atoms with Gasteiger partial charge in [0.25, 0.3) is 0 Å². The van der Waals surface area contributed by atoms with Crippen molar-refractivity contribution in [1.29, 1.82) is 0 Å². The Morgan fingerprint density at radius 2 is 1.85 bits per heavy atom. The van der Waals surface area contributed by atoms with Crippen molar-refractivity contribution in [1.82, 2.24) is 0 Å². The van der Waals surface area contributed by atoms with E-state index in [2.05, 4.69) is 0 Å². The van der Waals surface area contributed by atoms with Crippen molar-refractivity contribution >= 4 is 12.0 Å². The first-order valence-electron chi connectivity index (χ1n) is 3.65. The van der Waals surface area contributed by atoms with Crippen LogP contribution in [0.3, 0.4) is 0 Å². The second-order valence-corrected chi connectivity index (χ2v) is 2.53. The van der Waals surface area contributed by atoms with Crippen LogP contribution >= 0.6 is 0 Å². The van der Waals surface area contributed by atoms with Gasteiger partial charge in [0.2, 0.25) is 0 Å². The molecule has 3 heteroatoms. The van der Waals surface area contributed by atoms with Gasteiger partial charge in [-0.25, -0.2) is 0 Å². The van der Waals surface area contributed by atoms with Crippen LogP contribution < -0.4 is 56.5 Å². The van der Waals surface area contributed by atoms with Crippen LogP contribution in [-0.4, -0.2) is 5.97 Å². The fraction of sp³-hybridized carbons (Fsp3) is 0.100. The zero-order chi connectivity index (χ0) is 8.97. The third-order valence-electron chi connectivity index (χ3n) is 1.50. The number of carboxylic acids is 1. The predicted octanol–water partition coefficient (Wildman–Crippen LogP) is -2.16. The Morgan fingerprint density at radius 3 is 2.31 bits per heavy atom. The van der Waals surface area contributed by atoms with Crippen molar-refractivity contribution < 1.29 is 61.3 Å². The molecule has 62 valence electrons.